The maximum Gasteiger partial charge on any atom is 0.336 e. The van der Waals surface area contributed by atoms with Crippen molar-refractivity contribution in [1.82, 2.24) is 4.90 Å². The molecule has 0 aliphatic rings. The number of hydrogen-bond acceptors (Lipinski definition) is 6. The average molecular weight is 450 g/mol. The van der Waals surface area contributed by atoms with Gasteiger partial charge >= 0.3 is 5.97 Å². The lowest BCUT2D eigenvalue weighted by Crippen LogP contribution is -2.48. The van der Waals surface area contributed by atoms with E-state index in [0.29, 0.717) is 19.5 Å². The quantitative estimate of drug-likeness (QED) is 0.449. The van der Waals surface area contributed by atoms with Gasteiger partial charge in [0, 0.05) is 13.1 Å². The van der Waals surface area contributed by atoms with Crippen LogP contribution in [0, 0.1) is 0 Å². The first kappa shape index (κ1) is 24.3. The first-order chi connectivity index (χ1) is 16.0. The molecule has 3 rings (SSSR count). The van der Waals surface area contributed by atoms with Gasteiger partial charge in [0.25, 0.3) is 0 Å². The van der Waals surface area contributed by atoms with Crippen LogP contribution in [0.4, 0.5) is 0 Å². The summed E-state index contributed by atoms with van der Waals surface area (Å²) < 4.78 is 15.4. The molecule has 0 amide bonds. The zero-order valence-corrected chi connectivity index (χ0v) is 19.3. The van der Waals surface area contributed by atoms with Crippen LogP contribution in [0.5, 0.6) is 11.5 Å². The molecule has 2 atom stereocenters. The van der Waals surface area contributed by atoms with Crippen LogP contribution in [-0.4, -0.2) is 49.5 Å². The molecule has 1 N–H and O–H groups in total. The molecule has 6 heteroatoms. The van der Waals surface area contributed by atoms with E-state index in [1.165, 1.54) is 7.11 Å². The number of rotatable bonds is 11. The molecule has 0 saturated carbocycles. The molecule has 3 aromatic rings. The molecule has 0 aliphatic heterocycles. The number of esters is 1. The molecule has 174 valence electrons. The molecule has 0 aromatic heterocycles. The largest absolute Gasteiger partial charge is 0.497 e. The van der Waals surface area contributed by atoms with Crippen molar-refractivity contribution < 1.29 is 24.1 Å². The van der Waals surface area contributed by atoms with E-state index < -0.39 is 18.1 Å². The summed E-state index contributed by atoms with van der Waals surface area (Å²) in [6.07, 6.45) is -0.810. The Morgan fingerprint density at radius 1 is 0.758 bits per heavy atom. The van der Waals surface area contributed by atoms with Crippen molar-refractivity contribution >= 4 is 5.97 Å². The van der Waals surface area contributed by atoms with Crippen molar-refractivity contribution in [2.45, 2.75) is 31.7 Å². The Balaban J connectivity index is 1.95. The Kier molecular flexibility index (Phi) is 8.87. The lowest BCUT2D eigenvalue weighted by atomic mass is 9.98. The molecule has 6 nitrogen and oxygen atoms in total. The minimum Gasteiger partial charge on any atom is -0.497 e. The van der Waals surface area contributed by atoms with Gasteiger partial charge in [-0.05, 0) is 47.4 Å². The van der Waals surface area contributed by atoms with Gasteiger partial charge in [-0.25, -0.2) is 4.79 Å². The maximum atomic E-state index is 12.4. The minimum absolute atomic E-state index is 0.490. The molecule has 0 saturated heterocycles. The molecule has 0 aliphatic carbocycles. The minimum atomic E-state index is -1.30. The number of hydrogen-bond donors (Lipinski definition) is 1. The lowest BCUT2D eigenvalue weighted by Gasteiger charge is -2.34. The van der Waals surface area contributed by atoms with Gasteiger partial charge in [-0.3, -0.25) is 4.90 Å². The highest BCUT2D eigenvalue weighted by Crippen LogP contribution is 2.22. The Hall–Kier alpha value is -3.35. The van der Waals surface area contributed by atoms with Gasteiger partial charge < -0.3 is 19.3 Å². The first-order valence-electron chi connectivity index (χ1n) is 10.8. The summed E-state index contributed by atoms with van der Waals surface area (Å²) in [6.45, 7) is 1.06. The number of carbonyl (C=O) groups is 1. The molecule has 0 bridgehead atoms. The van der Waals surface area contributed by atoms with E-state index in [2.05, 4.69) is 4.90 Å². The SMILES string of the molecule is COC(=O)[C@H](O)[C@H](Cc1ccccc1)N(Cc1ccc(OC)cc1)Cc1ccc(OC)cc1. The van der Waals surface area contributed by atoms with Gasteiger partial charge in [0.1, 0.15) is 11.5 Å². The summed E-state index contributed by atoms with van der Waals surface area (Å²) in [7, 11) is 4.56. The highest BCUT2D eigenvalue weighted by molar-refractivity contribution is 5.75. The topological polar surface area (TPSA) is 68.2 Å². The third kappa shape index (κ3) is 6.81. The first-order valence-corrected chi connectivity index (χ1v) is 10.8. The summed E-state index contributed by atoms with van der Waals surface area (Å²) >= 11 is 0. The fourth-order valence-electron chi connectivity index (χ4n) is 3.80. The van der Waals surface area contributed by atoms with Crippen molar-refractivity contribution in [2.24, 2.45) is 0 Å². The zero-order chi connectivity index (χ0) is 23.6. The second kappa shape index (κ2) is 12.0. The highest BCUT2D eigenvalue weighted by atomic mass is 16.5. The number of benzene rings is 3. The molecular weight excluding hydrogens is 418 g/mol. The van der Waals surface area contributed by atoms with E-state index in [4.69, 9.17) is 14.2 Å². The molecule has 0 unspecified atom stereocenters. The van der Waals surface area contributed by atoms with Gasteiger partial charge in [0.05, 0.1) is 27.4 Å². The Labute approximate surface area is 195 Å². The average Bonchev–Trinajstić information content (AvgIpc) is 2.87. The summed E-state index contributed by atoms with van der Waals surface area (Å²) in [5.74, 6) is 0.900. The fourth-order valence-corrected chi connectivity index (χ4v) is 3.80. The molecular formula is C27H31NO5. The number of nitrogens with zero attached hydrogens (tertiary/aromatic N) is 1. The molecule has 3 aromatic carbocycles. The normalized spacial score (nSPS) is 12.8. The second-order valence-corrected chi connectivity index (χ2v) is 7.83. The number of aliphatic hydroxyl groups excluding tert-OH is 1. The predicted octanol–water partition coefficient (Wildman–Crippen LogP) is 3.85. The van der Waals surface area contributed by atoms with Crippen molar-refractivity contribution in [1.29, 1.82) is 0 Å². The lowest BCUT2D eigenvalue weighted by molar-refractivity contribution is -0.154. The van der Waals surface area contributed by atoms with Gasteiger partial charge in [0.15, 0.2) is 6.10 Å². The monoisotopic (exact) mass is 449 g/mol. The maximum absolute atomic E-state index is 12.4. The van der Waals surface area contributed by atoms with Crippen LogP contribution in [0.15, 0.2) is 78.9 Å². The van der Waals surface area contributed by atoms with Crippen molar-refractivity contribution in [3.63, 3.8) is 0 Å². The molecule has 33 heavy (non-hydrogen) atoms. The van der Waals surface area contributed by atoms with E-state index in [0.717, 1.165) is 28.2 Å². The standard InChI is InChI=1S/C27H31NO5/c1-31-23-13-9-21(10-14-23)18-28(19-22-11-15-24(32-2)16-12-22)25(26(29)27(30)33-3)17-20-7-5-4-6-8-20/h4-16,25-26,29H,17-19H2,1-3H3/t25-,26+/m0/s1. The van der Waals surface area contributed by atoms with Crippen molar-refractivity contribution in [2.75, 3.05) is 21.3 Å². The Morgan fingerprint density at radius 2 is 1.24 bits per heavy atom. The van der Waals surface area contributed by atoms with Crippen LogP contribution in [-0.2, 0) is 29.0 Å². The molecule has 0 fully saturated rings. The molecule has 0 spiro atoms. The molecule has 0 heterocycles. The van der Waals surface area contributed by atoms with Gasteiger partial charge in [-0.1, -0.05) is 54.6 Å². The van der Waals surface area contributed by atoms with E-state index in [9.17, 15) is 9.90 Å². The van der Waals surface area contributed by atoms with Gasteiger partial charge in [-0.2, -0.15) is 0 Å². The van der Waals surface area contributed by atoms with Gasteiger partial charge in [-0.15, -0.1) is 0 Å². The summed E-state index contributed by atoms with van der Waals surface area (Å²) in [5, 5.41) is 11.0. The van der Waals surface area contributed by atoms with Crippen molar-refractivity contribution in [3.05, 3.63) is 95.6 Å². The van der Waals surface area contributed by atoms with Crippen LogP contribution in [0.25, 0.3) is 0 Å². The van der Waals surface area contributed by atoms with Crippen LogP contribution in [0.3, 0.4) is 0 Å². The van der Waals surface area contributed by atoms with E-state index >= 15 is 0 Å². The second-order valence-electron chi connectivity index (χ2n) is 7.83. The smallest absolute Gasteiger partial charge is 0.336 e. The van der Waals surface area contributed by atoms with Crippen LogP contribution < -0.4 is 9.47 Å². The Morgan fingerprint density at radius 3 is 1.67 bits per heavy atom. The van der Waals surface area contributed by atoms with Crippen LogP contribution >= 0.6 is 0 Å². The van der Waals surface area contributed by atoms with E-state index in [1.807, 2.05) is 78.9 Å². The number of methoxy groups -OCH3 is 3. The van der Waals surface area contributed by atoms with Gasteiger partial charge in [0.2, 0.25) is 0 Å². The summed E-state index contributed by atoms with van der Waals surface area (Å²) in [4.78, 5) is 14.5. The number of ether oxygens (including phenoxy) is 3. The third-order valence-corrected chi connectivity index (χ3v) is 5.65. The summed E-state index contributed by atoms with van der Waals surface area (Å²) in [6, 6.07) is 24.9. The van der Waals surface area contributed by atoms with Crippen LogP contribution in [0.1, 0.15) is 16.7 Å². The summed E-state index contributed by atoms with van der Waals surface area (Å²) in [5.41, 5.74) is 3.11. The van der Waals surface area contributed by atoms with E-state index in [-0.39, 0.29) is 0 Å². The predicted molar refractivity (Wildman–Crippen MR) is 127 cm³/mol. The van der Waals surface area contributed by atoms with Crippen LogP contribution in [0.2, 0.25) is 0 Å². The highest BCUT2D eigenvalue weighted by Gasteiger charge is 2.32. The molecule has 0 radical (unpaired) electrons. The Bertz CT molecular complexity index is 940. The van der Waals surface area contributed by atoms with Crippen molar-refractivity contribution in [3.8, 4) is 11.5 Å². The third-order valence-electron chi connectivity index (χ3n) is 5.65. The van der Waals surface area contributed by atoms with E-state index in [1.54, 1.807) is 14.2 Å². The fraction of sp³-hybridized carbons (Fsp3) is 0.296. The number of aliphatic hydroxyl groups is 1. The number of carbonyl (C=O) groups excluding carboxylic acids is 1. The zero-order valence-electron chi connectivity index (χ0n) is 19.3.